The molecule has 1 N–H and O–H groups in total. The van der Waals surface area contributed by atoms with Gasteiger partial charge in [-0.25, -0.2) is 9.97 Å². The van der Waals surface area contributed by atoms with Crippen LogP contribution in [0.25, 0.3) is 22.1 Å². The molecule has 0 radical (unpaired) electrons. The van der Waals surface area contributed by atoms with Gasteiger partial charge in [0.2, 0.25) is 0 Å². The summed E-state index contributed by atoms with van der Waals surface area (Å²) in [5.41, 5.74) is 5.18. The van der Waals surface area contributed by atoms with Crippen LogP contribution in [0.5, 0.6) is 0 Å². The fourth-order valence-electron chi connectivity index (χ4n) is 3.09. The topological polar surface area (TPSA) is 41.0 Å². The van der Waals surface area contributed by atoms with Crippen LogP contribution in [0.3, 0.4) is 0 Å². The molecule has 4 nitrogen and oxygen atoms in total. The van der Waals surface area contributed by atoms with Crippen LogP contribution >= 0.6 is 0 Å². The van der Waals surface area contributed by atoms with Crippen LogP contribution in [0, 0.1) is 0 Å². The fourth-order valence-corrected chi connectivity index (χ4v) is 3.09. The predicted molar refractivity (Wildman–Crippen MR) is 85.3 cm³/mol. The number of hydrogen-bond donors (Lipinski definition) is 1. The highest BCUT2D eigenvalue weighted by Crippen LogP contribution is 2.27. The van der Waals surface area contributed by atoms with E-state index in [1.54, 1.807) is 0 Å². The summed E-state index contributed by atoms with van der Waals surface area (Å²) in [7, 11) is 2.18. The van der Waals surface area contributed by atoms with Crippen LogP contribution in [0.2, 0.25) is 0 Å². The third-order valence-electron chi connectivity index (χ3n) is 4.27. The Balaban J connectivity index is 1.94. The number of fused-ring (bicyclic) bond motifs is 2. The minimum Gasteiger partial charge on any atom is -0.314 e. The maximum absolute atomic E-state index is 4.87. The van der Waals surface area contributed by atoms with Gasteiger partial charge in [-0.3, -0.25) is 4.90 Å². The van der Waals surface area contributed by atoms with Gasteiger partial charge in [-0.05, 0) is 30.8 Å². The molecule has 1 saturated heterocycles. The molecule has 0 spiro atoms. The molecule has 0 aliphatic carbocycles. The molecule has 1 aliphatic heterocycles. The van der Waals surface area contributed by atoms with Crippen molar-refractivity contribution >= 4 is 22.1 Å². The van der Waals surface area contributed by atoms with Crippen molar-refractivity contribution in [3.05, 3.63) is 48.0 Å². The lowest BCUT2D eigenvalue weighted by molar-refractivity contribution is 0.203. The van der Waals surface area contributed by atoms with Gasteiger partial charge in [-0.15, -0.1) is 0 Å². The number of piperazine rings is 1. The van der Waals surface area contributed by atoms with Gasteiger partial charge in [0.15, 0.2) is 0 Å². The Morgan fingerprint density at radius 2 is 1.76 bits per heavy atom. The highest BCUT2D eigenvalue weighted by Gasteiger charge is 2.22. The Kier molecular flexibility index (Phi) is 3.05. The lowest BCUT2D eigenvalue weighted by Gasteiger charge is -2.33. The molecule has 4 rings (SSSR count). The third kappa shape index (κ3) is 2.17. The van der Waals surface area contributed by atoms with Crippen molar-refractivity contribution in [3.8, 4) is 0 Å². The Hall–Kier alpha value is -2.04. The normalized spacial score (nSPS) is 20.1. The summed E-state index contributed by atoms with van der Waals surface area (Å²) in [5, 5.41) is 3.48. The molecule has 1 fully saturated rings. The van der Waals surface area contributed by atoms with E-state index in [9.17, 15) is 0 Å². The highest BCUT2D eigenvalue weighted by atomic mass is 15.2. The van der Waals surface area contributed by atoms with Crippen molar-refractivity contribution in [1.29, 1.82) is 0 Å². The van der Waals surface area contributed by atoms with E-state index in [4.69, 9.17) is 9.97 Å². The summed E-state index contributed by atoms with van der Waals surface area (Å²) in [6.07, 6.45) is 0. The number of aromatic nitrogens is 2. The summed E-state index contributed by atoms with van der Waals surface area (Å²) < 4.78 is 0. The first-order valence-electron chi connectivity index (χ1n) is 7.39. The molecule has 0 bridgehead atoms. The van der Waals surface area contributed by atoms with Crippen molar-refractivity contribution in [1.82, 2.24) is 20.2 Å². The summed E-state index contributed by atoms with van der Waals surface area (Å²) in [6.45, 7) is 3.07. The number of likely N-dealkylation sites (N-methyl/N-ethyl adjacent to an activating group) is 1. The zero-order valence-corrected chi connectivity index (χ0v) is 12.1. The molecule has 3 aromatic rings. The van der Waals surface area contributed by atoms with Crippen LogP contribution in [0.1, 0.15) is 11.6 Å². The van der Waals surface area contributed by atoms with Crippen LogP contribution in [0.15, 0.2) is 42.5 Å². The molecule has 21 heavy (non-hydrogen) atoms. The van der Waals surface area contributed by atoms with Gasteiger partial charge in [0, 0.05) is 25.7 Å². The minimum atomic E-state index is 0.359. The van der Waals surface area contributed by atoms with E-state index in [1.165, 1.54) is 5.56 Å². The molecule has 0 saturated carbocycles. The molecule has 1 aliphatic rings. The molecule has 1 aromatic heterocycles. The number of rotatable bonds is 1. The van der Waals surface area contributed by atoms with Crippen molar-refractivity contribution in [3.63, 3.8) is 0 Å². The van der Waals surface area contributed by atoms with Gasteiger partial charge in [-0.2, -0.15) is 0 Å². The molecule has 0 amide bonds. The van der Waals surface area contributed by atoms with Gasteiger partial charge < -0.3 is 5.32 Å². The molecule has 2 aromatic carbocycles. The summed E-state index contributed by atoms with van der Waals surface area (Å²) in [4.78, 5) is 12.0. The molecule has 1 unspecified atom stereocenters. The van der Waals surface area contributed by atoms with Gasteiger partial charge in [0.1, 0.15) is 0 Å². The Morgan fingerprint density at radius 3 is 2.57 bits per heavy atom. The third-order valence-corrected chi connectivity index (χ3v) is 4.27. The fraction of sp³-hybridized carbons (Fsp3) is 0.294. The molecule has 106 valence electrons. The largest absolute Gasteiger partial charge is 0.314 e. The van der Waals surface area contributed by atoms with Crippen LogP contribution in [-0.2, 0) is 0 Å². The standard InChI is InChI=1S/C17H18N4/c1-21-10-9-18-11-16(21)12-5-4-8-15-17(12)20-14-7-3-2-6-13(14)19-15/h2-8,16,18H,9-11H2,1H3. The summed E-state index contributed by atoms with van der Waals surface area (Å²) >= 11 is 0. The Morgan fingerprint density at radius 1 is 1.00 bits per heavy atom. The second kappa shape index (κ2) is 5.06. The van der Waals surface area contributed by atoms with Gasteiger partial charge in [0.25, 0.3) is 0 Å². The molecule has 4 heteroatoms. The van der Waals surface area contributed by atoms with Gasteiger partial charge in [-0.1, -0.05) is 24.3 Å². The molecular formula is C17H18N4. The van der Waals surface area contributed by atoms with Crippen LogP contribution in [-0.4, -0.2) is 41.5 Å². The Labute approximate surface area is 123 Å². The predicted octanol–water partition coefficient (Wildman–Crippen LogP) is 2.36. The zero-order valence-electron chi connectivity index (χ0n) is 12.1. The Bertz CT molecular complexity index is 799. The molecule has 2 heterocycles. The molecular weight excluding hydrogens is 260 g/mol. The number of hydrogen-bond acceptors (Lipinski definition) is 4. The van der Waals surface area contributed by atoms with E-state index in [0.717, 1.165) is 41.7 Å². The maximum atomic E-state index is 4.87. The summed E-state index contributed by atoms with van der Waals surface area (Å²) in [6, 6.07) is 14.7. The number of nitrogens with zero attached hydrogens (tertiary/aromatic N) is 3. The lowest BCUT2D eigenvalue weighted by atomic mass is 10.0. The quantitative estimate of drug-likeness (QED) is 0.694. The van der Waals surface area contributed by atoms with E-state index < -0.39 is 0 Å². The minimum absolute atomic E-state index is 0.359. The average Bonchev–Trinajstić information content (AvgIpc) is 2.53. The first-order chi connectivity index (χ1) is 10.3. The maximum Gasteiger partial charge on any atom is 0.0942 e. The highest BCUT2D eigenvalue weighted by molar-refractivity contribution is 5.88. The lowest BCUT2D eigenvalue weighted by Crippen LogP contribution is -2.43. The van der Waals surface area contributed by atoms with E-state index in [2.05, 4.69) is 35.5 Å². The van der Waals surface area contributed by atoms with E-state index in [1.807, 2.05) is 24.3 Å². The van der Waals surface area contributed by atoms with Gasteiger partial charge in [0.05, 0.1) is 22.1 Å². The van der Waals surface area contributed by atoms with Crippen molar-refractivity contribution < 1.29 is 0 Å². The van der Waals surface area contributed by atoms with Crippen LogP contribution in [0.4, 0.5) is 0 Å². The zero-order chi connectivity index (χ0) is 14.2. The van der Waals surface area contributed by atoms with Gasteiger partial charge >= 0.3 is 0 Å². The monoisotopic (exact) mass is 278 g/mol. The van der Waals surface area contributed by atoms with Crippen molar-refractivity contribution in [2.75, 3.05) is 26.7 Å². The van der Waals surface area contributed by atoms with Crippen molar-refractivity contribution in [2.24, 2.45) is 0 Å². The average molecular weight is 278 g/mol. The summed E-state index contributed by atoms with van der Waals surface area (Å²) in [5.74, 6) is 0. The van der Waals surface area contributed by atoms with E-state index in [-0.39, 0.29) is 0 Å². The van der Waals surface area contributed by atoms with E-state index in [0.29, 0.717) is 6.04 Å². The number of nitrogens with one attached hydrogen (secondary N) is 1. The molecule has 1 atom stereocenters. The smallest absolute Gasteiger partial charge is 0.0942 e. The van der Waals surface area contributed by atoms with Crippen LogP contribution < -0.4 is 5.32 Å². The van der Waals surface area contributed by atoms with Crippen molar-refractivity contribution in [2.45, 2.75) is 6.04 Å². The second-order valence-corrected chi connectivity index (χ2v) is 5.63. The first kappa shape index (κ1) is 12.7. The number of benzene rings is 2. The second-order valence-electron chi connectivity index (χ2n) is 5.63. The number of para-hydroxylation sites is 3. The SMILES string of the molecule is CN1CCNCC1c1cccc2nc3ccccc3nc12. The first-order valence-corrected chi connectivity index (χ1v) is 7.39. The van der Waals surface area contributed by atoms with E-state index >= 15 is 0 Å².